The molecule has 0 aliphatic heterocycles. The fraction of sp³-hybridized carbons (Fsp3) is 0.333. The van der Waals surface area contributed by atoms with Gasteiger partial charge in [0.1, 0.15) is 5.58 Å². The number of nitrogens with two attached hydrogens (primary N) is 2. The summed E-state index contributed by atoms with van der Waals surface area (Å²) in [5, 5.41) is 4.41. The second-order valence-corrected chi connectivity index (χ2v) is 3.88. The van der Waals surface area contributed by atoms with Gasteiger partial charge in [0.2, 0.25) is 0 Å². The Balaban J connectivity index is 1.99. The van der Waals surface area contributed by atoms with E-state index in [1.807, 2.05) is 18.2 Å². The quantitative estimate of drug-likeness (QED) is 0.695. The molecule has 0 radical (unpaired) electrons. The van der Waals surface area contributed by atoms with Gasteiger partial charge in [-0.15, -0.1) is 0 Å². The van der Waals surface area contributed by atoms with Crippen LogP contribution >= 0.6 is 0 Å². The van der Waals surface area contributed by atoms with E-state index in [0.717, 1.165) is 29.6 Å². The van der Waals surface area contributed by atoms with Crippen LogP contribution in [-0.4, -0.2) is 19.1 Å². The molecule has 16 heavy (non-hydrogen) atoms. The van der Waals surface area contributed by atoms with Crippen LogP contribution in [0.2, 0.25) is 0 Å². The molecule has 4 nitrogen and oxygen atoms in total. The molecule has 1 atom stereocenters. The highest BCUT2D eigenvalue weighted by atomic mass is 16.3. The smallest absolute Gasteiger partial charge is 0.134 e. The van der Waals surface area contributed by atoms with Gasteiger partial charge in [0.25, 0.3) is 0 Å². The maximum atomic E-state index is 5.71. The molecule has 1 heterocycles. The molecule has 86 valence electrons. The number of benzene rings is 1. The van der Waals surface area contributed by atoms with E-state index in [2.05, 4.69) is 11.4 Å². The van der Waals surface area contributed by atoms with E-state index < -0.39 is 0 Å². The zero-order valence-electron chi connectivity index (χ0n) is 9.15. The average molecular weight is 219 g/mol. The van der Waals surface area contributed by atoms with E-state index in [-0.39, 0.29) is 6.04 Å². The number of nitrogens with one attached hydrogen (secondary N) is 1. The van der Waals surface area contributed by atoms with Crippen molar-refractivity contribution in [3.8, 4) is 0 Å². The third-order valence-corrected chi connectivity index (χ3v) is 2.59. The molecule has 0 aliphatic rings. The van der Waals surface area contributed by atoms with E-state index in [4.69, 9.17) is 15.9 Å². The van der Waals surface area contributed by atoms with E-state index in [1.165, 1.54) is 0 Å². The minimum atomic E-state index is 0.0122. The number of fused-ring (bicyclic) bond motifs is 1. The van der Waals surface area contributed by atoms with Crippen LogP contribution in [0.15, 0.2) is 34.9 Å². The van der Waals surface area contributed by atoms with Crippen LogP contribution in [0.3, 0.4) is 0 Å². The van der Waals surface area contributed by atoms with E-state index >= 15 is 0 Å². The maximum absolute atomic E-state index is 5.71. The van der Waals surface area contributed by atoms with Gasteiger partial charge >= 0.3 is 0 Å². The first-order valence-corrected chi connectivity index (χ1v) is 5.42. The van der Waals surface area contributed by atoms with Gasteiger partial charge in [-0.3, -0.25) is 0 Å². The van der Waals surface area contributed by atoms with Crippen molar-refractivity contribution in [1.82, 2.24) is 5.32 Å². The number of para-hydroxylation sites is 1. The molecule has 0 saturated carbocycles. The Hall–Kier alpha value is -1.36. The predicted molar refractivity (Wildman–Crippen MR) is 65.0 cm³/mol. The number of rotatable bonds is 5. The third-order valence-electron chi connectivity index (χ3n) is 2.59. The highest BCUT2D eigenvalue weighted by Crippen LogP contribution is 2.20. The van der Waals surface area contributed by atoms with Crippen molar-refractivity contribution in [2.45, 2.75) is 12.6 Å². The Morgan fingerprint density at radius 3 is 2.94 bits per heavy atom. The van der Waals surface area contributed by atoms with Crippen molar-refractivity contribution in [2.75, 3.05) is 13.1 Å². The molecule has 5 N–H and O–H groups in total. The molecule has 0 aliphatic carbocycles. The molecule has 1 unspecified atom stereocenters. The van der Waals surface area contributed by atoms with Gasteiger partial charge in [0, 0.05) is 36.6 Å². The van der Waals surface area contributed by atoms with Crippen LogP contribution in [0.4, 0.5) is 0 Å². The number of hydrogen-bond acceptors (Lipinski definition) is 4. The van der Waals surface area contributed by atoms with Crippen molar-refractivity contribution in [1.29, 1.82) is 0 Å². The molecule has 1 aromatic heterocycles. The SMILES string of the molecule is NCC(N)CNCc1coc2ccccc12. The first-order valence-electron chi connectivity index (χ1n) is 5.42. The second-order valence-electron chi connectivity index (χ2n) is 3.88. The van der Waals surface area contributed by atoms with Gasteiger partial charge in [0.15, 0.2) is 0 Å². The topological polar surface area (TPSA) is 77.2 Å². The summed E-state index contributed by atoms with van der Waals surface area (Å²) in [4.78, 5) is 0. The van der Waals surface area contributed by atoms with Gasteiger partial charge in [-0.05, 0) is 6.07 Å². The Bertz CT molecular complexity index is 452. The summed E-state index contributed by atoms with van der Waals surface area (Å²) in [5.41, 5.74) is 13.2. The van der Waals surface area contributed by atoms with Crippen LogP contribution in [0, 0.1) is 0 Å². The Labute approximate surface area is 94.6 Å². The van der Waals surface area contributed by atoms with Gasteiger partial charge in [0.05, 0.1) is 6.26 Å². The minimum Gasteiger partial charge on any atom is -0.464 e. The summed E-state index contributed by atoms with van der Waals surface area (Å²) in [5.74, 6) is 0. The maximum Gasteiger partial charge on any atom is 0.134 e. The highest BCUT2D eigenvalue weighted by molar-refractivity contribution is 5.80. The molecule has 2 aromatic rings. The fourth-order valence-electron chi connectivity index (χ4n) is 1.65. The zero-order chi connectivity index (χ0) is 11.4. The standard InChI is InChI=1S/C12H17N3O/c13-5-10(14)7-15-6-9-8-16-12-4-2-1-3-11(9)12/h1-4,8,10,15H,5-7,13-14H2. The Morgan fingerprint density at radius 1 is 1.31 bits per heavy atom. The lowest BCUT2D eigenvalue weighted by Crippen LogP contribution is -2.39. The predicted octanol–water partition coefficient (Wildman–Crippen LogP) is 0.808. The van der Waals surface area contributed by atoms with Gasteiger partial charge in [-0.25, -0.2) is 0 Å². The first kappa shape index (κ1) is 11.1. The van der Waals surface area contributed by atoms with E-state index in [1.54, 1.807) is 6.26 Å². The lowest BCUT2D eigenvalue weighted by atomic mass is 10.2. The molecule has 0 fully saturated rings. The first-order chi connectivity index (χ1) is 7.81. The van der Waals surface area contributed by atoms with Crippen molar-refractivity contribution in [2.24, 2.45) is 11.5 Å². The molecule has 1 aromatic carbocycles. The minimum absolute atomic E-state index is 0.0122. The van der Waals surface area contributed by atoms with Crippen molar-refractivity contribution < 1.29 is 4.42 Å². The number of furan rings is 1. The number of hydrogen-bond donors (Lipinski definition) is 3. The van der Waals surface area contributed by atoms with Crippen molar-refractivity contribution in [3.63, 3.8) is 0 Å². The van der Waals surface area contributed by atoms with Crippen LogP contribution in [0.5, 0.6) is 0 Å². The summed E-state index contributed by atoms with van der Waals surface area (Å²) in [7, 11) is 0. The summed E-state index contributed by atoms with van der Waals surface area (Å²) in [6, 6.07) is 8.00. The monoisotopic (exact) mass is 219 g/mol. The molecular weight excluding hydrogens is 202 g/mol. The lowest BCUT2D eigenvalue weighted by Gasteiger charge is -2.09. The summed E-state index contributed by atoms with van der Waals surface area (Å²) < 4.78 is 5.44. The molecule has 0 saturated heterocycles. The van der Waals surface area contributed by atoms with Crippen LogP contribution in [0.25, 0.3) is 11.0 Å². The van der Waals surface area contributed by atoms with Gasteiger partial charge in [-0.1, -0.05) is 18.2 Å². The molecule has 0 spiro atoms. The average Bonchev–Trinajstić information content (AvgIpc) is 2.73. The fourth-order valence-corrected chi connectivity index (χ4v) is 1.65. The van der Waals surface area contributed by atoms with Gasteiger partial charge < -0.3 is 21.2 Å². The van der Waals surface area contributed by atoms with Gasteiger partial charge in [-0.2, -0.15) is 0 Å². The summed E-state index contributed by atoms with van der Waals surface area (Å²) in [6.07, 6.45) is 1.78. The second kappa shape index (κ2) is 5.12. The highest BCUT2D eigenvalue weighted by Gasteiger charge is 2.05. The van der Waals surface area contributed by atoms with Crippen molar-refractivity contribution >= 4 is 11.0 Å². The van der Waals surface area contributed by atoms with E-state index in [0.29, 0.717) is 6.54 Å². The lowest BCUT2D eigenvalue weighted by molar-refractivity contribution is 0.571. The molecule has 0 bridgehead atoms. The summed E-state index contributed by atoms with van der Waals surface area (Å²) in [6.45, 7) is 1.97. The zero-order valence-corrected chi connectivity index (χ0v) is 9.15. The molecule has 0 amide bonds. The Kier molecular flexibility index (Phi) is 3.56. The van der Waals surface area contributed by atoms with Crippen molar-refractivity contribution in [3.05, 3.63) is 36.1 Å². The third kappa shape index (κ3) is 2.41. The van der Waals surface area contributed by atoms with Crippen LogP contribution in [0.1, 0.15) is 5.56 Å². The normalized spacial score (nSPS) is 13.1. The molecular formula is C12H17N3O. The largest absolute Gasteiger partial charge is 0.464 e. The molecule has 2 rings (SSSR count). The van der Waals surface area contributed by atoms with Crippen LogP contribution in [-0.2, 0) is 6.54 Å². The summed E-state index contributed by atoms with van der Waals surface area (Å²) >= 11 is 0. The van der Waals surface area contributed by atoms with Crippen LogP contribution < -0.4 is 16.8 Å². The molecule has 4 heteroatoms. The Morgan fingerprint density at radius 2 is 2.12 bits per heavy atom. The van der Waals surface area contributed by atoms with E-state index in [9.17, 15) is 0 Å².